The number of nitrogens with one attached hydrogen (secondary N) is 2. The third-order valence-corrected chi connectivity index (χ3v) is 7.35. The number of rotatable bonds is 8. The molecule has 0 spiro atoms. The second-order valence-corrected chi connectivity index (χ2v) is 11.3. The van der Waals surface area contributed by atoms with Crippen LogP contribution in [0.2, 0.25) is 0 Å². The number of likely N-dealkylation sites (tertiary alicyclic amines) is 1. The molecule has 37 heavy (non-hydrogen) atoms. The van der Waals surface area contributed by atoms with E-state index >= 15 is 0 Å². The number of aliphatic carboxylic acids is 1. The van der Waals surface area contributed by atoms with E-state index in [1.165, 1.54) is 4.90 Å². The van der Waals surface area contributed by atoms with Gasteiger partial charge in [-0.05, 0) is 30.4 Å². The van der Waals surface area contributed by atoms with Crippen molar-refractivity contribution < 1.29 is 29.4 Å². The zero-order chi connectivity index (χ0) is 27.5. The number of carboxylic acids is 1. The summed E-state index contributed by atoms with van der Waals surface area (Å²) in [5.74, 6) is -3.06. The Labute approximate surface area is 220 Å². The number of nitrogens with zero attached hydrogens (tertiary/aromatic N) is 2. The minimum Gasteiger partial charge on any atom is -0.481 e. The first-order chi connectivity index (χ1) is 17.3. The number of amides is 3. The van der Waals surface area contributed by atoms with E-state index < -0.39 is 53.7 Å². The molecule has 1 aromatic heterocycles. The summed E-state index contributed by atoms with van der Waals surface area (Å²) in [4.78, 5) is 56.4. The number of hydrogen-bond donors (Lipinski definition) is 4. The molecule has 1 fully saturated rings. The van der Waals surface area contributed by atoms with Crippen molar-refractivity contribution in [3.63, 3.8) is 0 Å². The van der Waals surface area contributed by atoms with Crippen LogP contribution in [0.4, 0.5) is 0 Å². The van der Waals surface area contributed by atoms with E-state index in [1.807, 2.05) is 38.1 Å². The summed E-state index contributed by atoms with van der Waals surface area (Å²) in [5, 5.41) is 24.6. The number of hydrogen-bond acceptors (Lipinski definition) is 7. The van der Waals surface area contributed by atoms with Gasteiger partial charge in [0.15, 0.2) is 0 Å². The highest BCUT2D eigenvalue weighted by Gasteiger charge is 2.44. The van der Waals surface area contributed by atoms with Crippen molar-refractivity contribution in [1.29, 1.82) is 0 Å². The van der Waals surface area contributed by atoms with Crippen molar-refractivity contribution in [2.45, 2.75) is 71.7 Å². The van der Waals surface area contributed by atoms with Gasteiger partial charge in [0.05, 0.1) is 28.2 Å². The maximum Gasteiger partial charge on any atom is 0.312 e. The van der Waals surface area contributed by atoms with Crippen molar-refractivity contribution in [3.05, 3.63) is 41.0 Å². The lowest BCUT2D eigenvalue weighted by Crippen LogP contribution is -2.58. The van der Waals surface area contributed by atoms with E-state index in [4.69, 9.17) is 5.11 Å². The average Bonchev–Trinajstić information content (AvgIpc) is 3.41. The maximum atomic E-state index is 13.5. The SMILES string of the molecule is Cc1ncsc1-c1ccc([C@H](C)NC(=O)C2C[C@@H](O)CN2C(=O)[C@@H](NC(=O)CC(=O)O)C(C)(C)C)cc1. The Bertz CT molecular complexity index is 1160. The van der Waals surface area contributed by atoms with Gasteiger partial charge in [-0.25, -0.2) is 4.98 Å². The highest BCUT2D eigenvalue weighted by Crippen LogP contribution is 2.29. The van der Waals surface area contributed by atoms with Crippen LogP contribution in [0.15, 0.2) is 29.8 Å². The van der Waals surface area contributed by atoms with E-state index in [0.29, 0.717) is 0 Å². The third kappa shape index (κ3) is 6.92. The molecule has 3 rings (SSSR count). The number of carboxylic acid groups (broad SMARTS) is 1. The van der Waals surface area contributed by atoms with Crippen LogP contribution in [-0.2, 0) is 19.2 Å². The van der Waals surface area contributed by atoms with Crippen molar-refractivity contribution in [3.8, 4) is 10.4 Å². The summed E-state index contributed by atoms with van der Waals surface area (Å²) in [5.41, 5.74) is 3.91. The molecule has 0 aliphatic carbocycles. The fourth-order valence-electron chi connectivity index (χ4n) is 4.36. The molecular formula is C26H34N4O6S. The monoisotopic (exact) mass is 530 g/mol. The minimum absolute atomic E-state index is 0.0599. The zero-order valence-corrected chi connectivity index (χ0v) is 22.5. The number of carbonyl (C=O) groups excluding carboxylic acids is 3. The van der Waals surface area contributed by atoms with Gasteiger partial charge in [-0.2, -0.15) is 0 Å². The average molecular weight is 531 g/mol. The molecule has 1 saturated heterocycles. The molecule has 11 heteroatoms. The molecule has 0 saturated carbocycles. The Morgan fingerprint density at radius 2 is 1.81 bits per heavy atom. The number of thiazole rings is 1. The zero-order valence-electron chi connectivity index (χ0n) is 21.6. The molecule has 4 atom stereocenters. The predicted octanol–water partition coefficient (Wildman–Crippen LogP) is 2.26. The Balaban J connectivity index is 1.72. The van der Waals surface area contributed by atoms with Crippen LogP contribution in [0.25, 0.3) is 10.4 Å². The molecule has 1 aliphatic heterocycles. The summed E-state index contributed by atoms with van der Waals surface area (Å²) in [6.45, 7) is 8.93. The Kier molecular flexibility index (Phi) is 8.70. The second-order valence-electron chi connectivity index (χ2n) is 10.5. The number of aromatic nitrogens is 1. The van der Waals surface area contributed by atoms with Gasteiger partial charge in [0.25, 0.3) is 0 Å². The van der Waals surface area contributed by atoms with Gasteiger partial charge in [-0.15, -0.1) is 11.3 Å². The largest absolute Gasteiger partial charge is 0.481 e. The summed E-state index contributed by atoms with van der Waals surface area (Å²) in [6, 6.07) is 5.46. The summed E-state index contributed by atoms with van der Waals surface area (Å²) >= 11 is 1.56. The van der Waals surface area contributed by atoms with Crippen LogP contribution in [0.1, 0.15) is 57.8 Å². The molecule has 1 unspecified atom stereocenters. The van der Waals surface area contributed by atoms with Crippen LogP contribution in [0.3, 0.4) is 0 Å². The summed E-state index contributed by atoms with van der Waals surface area (Å²) in [6.07, 6.45) is -1.61. The van der Waals surface area contributed by atoms with Gasteiger partial charge in [-0.3, -0.25) is 19.2 Å². The van der Waals surface area contributed by atoms with E-state index in [0.717, 1.165) is 21.7 Å². The lowest BCUT2D eigenvalue weighted by molar-refractivity contribution is -0.146. The fourth-order valence-corrected chi connectivity index (χ4v) is 5.18. The van der Waals surface area contributed by atoms with Crippen molar-refractivity contribution in [2.75, 3.05) is 6.54 Å². The highest BCUT2D eigenvalue weighted by molar-refractivity contribution is 7.13. The fraction of sp³-hybridized carbons (Fsp3) is 0.500. The number of aliphatic hydroxyl groups excluding tert-OH is 1. The van der Waals surface area contributed by atoms with Crippen LogP contribution >= 0.6 is 11.3 Å². The molecule has 2 heterocycles. The smallest absolute Gasteiger partial charge is 0.312 e. The van der Waals surface area contributed by atoms with Gasteiger partial charge >= 0.3 is 5.97 Å². The molecule has 4 N–H and O–H groups in total. The number of carbonyl (C=O) groups is 4. The molecule has 0 radical (unpaired) electrons. The van der Waals surface area contributed by atoms with Crippen molar-refractivity contribution >= 4 is 35.0 Å². The van der Waals surface area contributed by atoms with Crippen LogP contribution < -0.4 is 10.6 Å². The topological polar surface area (TPSA) is 149 Å². The molecular weight excluding hydrogens is 496 g/mol. The van der Waals surface area contributed by atoms with E-state index in [1.54, 1.807) is 37.6 Å². The lowest BCUT2D eigenvalue weighted by Gasteiger charge is -2.35. The van der Waals surface area contributed by atoms with E-state index in [-0.39, 0.29) is 19.0 Å². The maximum absolute atomic E-state index is 13.5. The molecule has 3 amide bonds. The first-order valence-corrected chi connectivity index (χ1v) is 13.0. The highest BCUT2D eigenvalue weighted by atomic mass is 32.1. The minimum atomic E-state index is -1.31. The van der Waals surface area contributed by atoms with E-state index in [9.17, 15) is 24.3 Å². The van der Waals surface area contributed by atoms with Crippen LogP contribution in [-0.4, -0.2) is 68.5 Å². The van der Waals surface area contributed by atoms with Gasteiger partial charge in [-0.1, -0.05) is 45.0 Å². The quantitative estimate of drug-likeness (QED) is 0.383. The molecule has 1 aliphatic rings. The van der Waals surface area contributed by atoms with Crippen molar-refractivity contribution in [2.24, 2.45) is 5.41 Å². The standard InChI is InChI=1S/C26H34N4O6S/c1-14(16-6-8-17(9-7-16)22-15(2)27-13-37-22)28-24(35)19-10-18(31)12-30(19)25(36)23(26(3,4)5)29-20(32)11-21(33)34/h6-9,13-14,18-19,23,31H,10-12H2,1-5H3,(H,28,35)(H,29,32)(H,33,34)/t14-,18+,19?,23+/m0/s1. The normalized spacial score (nSPS) is 19.2. The first kappa shape index (κ1) is 28.3. The summed E-state index contributed by atoms with van der Waals surface area (Å²) in [7, 11) is 0. The number of β-amino-alcohol motifs (C(OH)–C–C–N with tert-alkyl or cyclic N) is 1. The number of aliphatic hydroxyl groups is 1. The Morgan fingerprint density at radius 3 is 2.35 bits per heavy atom. The lowest BCUT2D eigenvalue weighted by atomic mass is 9.85. The molecule has 0 bridgehead atoms. The Hall–Kier alpha value is -3.31. The third-order valence-electron chi connectivity index (χ3n) is 6.37. The van der Waals surface area contributed by atoms with Gasteiger partial charge < -0.3 is 25.7 Å². The second kappa shape index (κ2) is 11.4. The first-order valence-electron chi connectivity index (χ1n) is 12.1. The molecule has 10 nitrogen and oxygen atoms in total. The molecule has 1 aromatic carbocycles. The molecule has 2 aromatic rings. The number of benzene rings is 1. The van der Waals surface area contributed by atoms with Crippen LogP contribution in [0.5, 0.6) is 0 Å². The number of aryl methyl sites for hydroxylation is 1. The molecule has 200 valence electrons. The summed E-state index contributed by atoms with van der Waals surface area (Å²) < 4.78 is 0. The Morgan fingerprint density at radius 1 is 1.16 bits per heavy atom. The van der Waals surface area contributed by atoms with E-state index in [2.05, 4.69) is 15.6 Å². The van der Waals surface area contributed by atoms with Gasteiger partial charge in [0.1, 0.15) is 18.5 Å². The van der Waals surface area contributed by atoms with Gasteiger partial charge in [0.2, 0.25) is 17.7 Å². The predicted molar refractivity (Wildman–Crippen MR) is 139 cm³/mol. The van der Waals surface area contributed by atoms with Crippen LogP contribution in [0, 0.1) is 12.3 Å². The van der Waals surface area contributed by atoms with Crippen molar-refractivity contribution in [1.82, 2.24) is 20.5 Å². The van der Waals surface area contributed by atoms with Gasteiger partial charge in [0, 0.05) is 13.0 Å².